The van der Waals surface area contributed by atoms with Crippen LogP contribution in [0.4, 0.5) is 0 Å². The number of aliphatic hydroxyl groups excluding tert-OH is 1. The highest BCUT2D eigenvalue weighted by atomic mass is 35.5. The first-order chi connectivity index (χ1) is 9.63. The molecule has 3 heterocycles. The van der Waals surface area contributed by atoms with Crippen LogP contribution in [0.3, 0.4) is 0 Å². The second kappa shape index (κ2) is 5.55. The van der Waals surface area contributed by atoms with Crippen LogP contribution < -0.4 is 4.74 Å². The Hall–Kier alpha value is -1.37. The van der Waals surface area contributed by atoms with Gasteiger partial charge in [-0.1, -0.05) is 11.6 Å². The molecule has 1 N–H and O–H groups in total. The fraction of sp³-hybridized carbons (Fsp3) is 0.538. The molecule has 0 aliphatic carbocycles. The van der Waals surface area contributed by atoms with Gasteiger partial charge in [0.2, 0.25) is 5.88 Å². The van der Waals surface area contributed by atoms with Gasteiger partial charge in [0.05, 0.1) is 24.9 Å². The third kappa shape index (κ3) is 2.72. The third-order valence-electron chi connectivity index (χ3n) is 3.37. The maximum Gasteiger partial charge on any atom is 0.255 e. The van der Waals surface area contributed by atoms with E-state index in [1.165, 1.54) is 6.20 Å². The number of likely N-dealkylation sites (tertiary alicyclic amines) is 1. The van der Waals surface area contributed by atoms with E-state index in [9.17, 15) is 9.90 Å². The standard InChI is InChI=1S/C13H15ClN2O4/c14-11-3-8(13(18)16-5-9(17)6-16)4-15-12(11)20-10-1-2-19-7-10/h3-4,9-10,17H,1-2,5-7H2/t10-/m1/s1. The lowest BCUT2D eigenvalue weighted by Gasteiger charge is -2.35. The molecule has 0 spiro atoms. The number of aromatic nitrogens is 1. The number of amides is 1. The van der Waals surface area contributed by atoms with Crippen LogP contribution in [0.15, 0.2) is 12.3 Å². The highest BCUT2D eigenvalue weighted by Gasteiger charge is 2.30. The Morgan fingerprint density at radius 3 is 2.95 bits per heavy atom. The van der Waals surface area contributed by atoms with Crippen LogP contribution in [0.5, 0.6) is 5.88 Å². The molecule has 2 fully saturated rings. The van der Waals surface area contributed by atoms with E-state index >= 15 is 0 Å². The Balaban J connectivity index is 1.68. The largest absolute Gasteiger partial charge is 0.471 e. The zero-order valence-electron chi connectivity index (χ0n) is 10.8. The maximum absolute atomic E-state index is 12.0. The van der Waals surface area contributed by atoms with Gasteiger partial charge in [0.25, 0.3) is 5.91 Å². The molecule has 2 aliphatic heterocycles. The van der Waals surface area contributed by atoms with E-state index < -0.39 is 6.10 Å². The van der Waals surface area contributed by atoms with Crippen LogP contribution in [0.1, 0.15) is 16.8 Å². The second-order valence-corrected chi connectivity index (χ2v) is 5.39. The summed E-state index contributed by atoms with van der Waals surface area (Å²) in [5, 5.41) is 9.51. The van der Waals surface area contributed by atoms with E-state index in [0.29, 0.717) is 42.8 Å². The van der Waals surface area contributed by atoms with Crippen molar-refractivity contribution < 1.29 is 19.4 Å². The number of carbonyl (C=O) groups is 1. The van der Waals surface area contributed by atoms with E-state index in [-0.39, 0.29) is 12.0 Å². The lowest BCUT2D eigenvalue weighted by molar-refractivity contribution is 0.00585. The summed E-state index contributed by atoms with van der Waals surface area (Å²) in [6, 6.07) is 1.55. The number of carbonyl (C=O) groups excluding carboxylic acids is 1. The molecule has 3 rings (SSSR count). The third-order valence-corrected chi connectivity index (χ3v) is 3.64. The van der Waals surface area contributed by atoms with Crippen molar-refractivity contribution in [3.8, 4) is 5.88 Å². The van der Waals surface area contributed by atoms with Crippen molar-refractivity contribution in [1.29, 1.82) is 0 Å². The molecule has 20 heavy (non-hydrogen) atoms. The minimum absolute atomic E-state index is 0.0351. The van der Waals surface area contributed by atoms with Crippen molar-refractivity contribution >= 4 is 17.5 Å². The van der Waals surface area contributed by atoms with Crippen LogP contribution in [-0.2, 0) is 4.74 Å². The number of rotatable bonds is 3. The number of nitrogens with zero attached hydrogens (tertiary/aromatic N) is 2. The molecule has 0 saturated carbocycles. The monoisotopic (exact) mass is 298 g/mol. The summed E-state index contributed by atoms with van der Waals surface area (Å²) in [4.78, 5) is 17.7. The van der Waals surface area contributed by atoms with E-state index in [1.54, 1.807) is 11.0 Å². The van der Waals surface area contributed by atoms with Gasteiger partial charge in [-0.15, -0.1) is 0 Å². The molecule has 2 saturated heterocycles. The minimum atomic E-state index is -0.424. The summed E-state index contributed by atoms with van der Waals surface area (Å²) < 4.78 is 10.8. The normalized spacial score (nSPS) is 22.7. The molecule has 6 nitrogen and oxygen atoms in total. The molecule has 2 aliphatic rings. The summed E-state index contributed by atoms with van der Waals surface area (Å²) in [6.07, 6.45) is 1.80. The number of hydrogen-bond donors (Lipinski definition) is 1. The molecule has 1 aromatic heterocycles. The van der Waals surface area contributed by atoms with Crippen molar-refractivity contribution in [1.82, 2.24) is 9.88 Å². The fourth-order valence-electron chi connectivity index (χ4n) is 2.20. The first-order valence-electron chi connectivity index (χ1n) is 6.51. The van der Waals surface area contributed by atoms with Crippen LogP contribution in [0.25, 0.3) is 0 Å². The van der Waals surface area contributed by atoms with Gasteiger partial charge >= 0.3 is 0 Å². The van der Waals surface area contributed by atoms with Gasteiger partial charge in [-0.25, -0.2) is 4.98 Å². The quantitative estimate of drug-likeness (QED) is 0.890. The summed E-state index contributed by atoms with van der Waals surface area (Å²) in [5.74, 6) is 0.141. The van der Waals surface area contributed by atoms with Gasteiger partial charge in [-0.2, -0.15) is 0 Å². The predicted molar refractivity (Wildman–Crippen MR) is 71.0 cm³/mol. The summed E-state index contributed by atoms with van der Waals surface area (Å²) in [7, 11) is 0. The van der Waals surface area contributed by atoms with Gasteiger partial charge in [0.1, 0.15) is 11.1 Å². The Morgan fingerprint density at radius 2 is 2.35 bits per heavy atom. The van der Waals surface area contributed by atoms with Crippen molar-refractivity contribution in [3.63, 3.8) is 0 Å². The van der Waals surface area contributed by atoms with Crippen LogP contribution in [0, 0.1) is 0 Å². The lowest BCUT2D eigenvalue weighted by atomic mass is 10.1. The number of hydrogen-bond acceptors (Lipinski definition) is 5. The molecule has 1 aromatic rings. The van der Waals surface area contributed by atoms with Crippen molar-refractivity contribution in [2.45, 2.75) is 18.6 Å². The van der Waals surface area contributed by atoms with Crippen LogP contribution in [-0.4, -0.2) is 59.4 Å². The molecule has 0 radical (unpaired) electrons. The minimum Gasteiger partial charge on any atom is -0.471 e. The molecular weight excluding hydrogens is 284 g/mol. The van der Waals surface area contributed by atoms with Crippen molar-refractivity contribution in [3.05, 3.63) is 22.8 Å². The first-order valence-corrected chi connectivity index (χ1v) is 6.88. The Kier molecular flexibility index (Phi) is 3.78. The topological polar surface area (TPSA) is 71.9 Å². The number of ether oxygens (including phenoxy) is 2. The average molecular weight is 299 g/mol. The number of halogens is 1. The lowest BCUT2D eigenvalue weighted by Crippen LogP contribution is -2.53. The zero-order chi connectivity index (χ0) is 14.1. The van der Waals surface area contributed by atoms with Gasteiger partial charge in [0.15, 0.2) is 0 Å². The van der Waals surface area contributed by atoms with E-state index in [2.05, 4.69) is 4.98 Å². The molecule has 7 heteroatoms. The van der Waals surface area contributed by atoms with Crippen LogP contribution >= 0.6 is 11.6 Å². The van der Waals surface area contributed by atoms with E-state index in [0.717, 1.165) is 6.42 Å². The fourth-order valence-corrected chi connectivity index (χ4v) is 2.41. The van der Waals surface area contributed by atoms with E-state index in [4.69, 9.17) is 21.1 Å². The van der Waals surface area contributed by atoms with E-state index in [1.807, 2.05) is 0 Å². The van der Waals surface area contributed by atoms with Gasteiger partial charge in [-0.3, -0.25) is 4.79 Å². The zero-order valence-corrected chi connectivity index (χ0v) is 11.5. The number of pyridine rings is 1. The molecule has 108 valence electrons. The molecule has 1 amide bonds. The molecule has 0 aromatic carbocycles. The molecule has 0 bridgehead atoms. The summed E-state index contributed by atoms with van der Waals surface area (Å²) >= 11 is 6.10. The van der Waals surface area contributed by atoms with Gasteiger partial charge in [0, 0.05) is 25.7 Å². The molecule has 1 atom stereocenters. The van der Waals surface area contributed by atoms with Crippen molar-refractivity contribution in [2.24, 2.45) is 0 Å². The predicted octanol–water partition coefficient (Wildman–Crippen LogP) is 0.719. The van der Waals surface area contributed by atoms with Crippen LogP contribution in [0.2, 0.25) is 5.02 Å². The molecular formula is C13H15ClN2O4. The SMILES string of the molecule is O=C(c1cnc(O[C@@H]2CCOC2)c(Cl)c1)N1CC(O)C1. The Bertz CT molecular complexity index is 513. The van der Waals surface area contributed by atoms with Gasteiger partial charge < -0.3 is 19.5 Å². The summed E-state index contributed by atoms with van der Waals surface area (Å²) in [5.41, 5.74) is 0.400. The number of aliphatic hydroxyl groups is 1. The first kappa shape index (κ1) is 13.6. The second-order valence-electron chi connectivity index (χ2n) is 4.98. The number of β-amino-alcohol motifs (C(OH)–C–C–N with tert-alkyl or cyclic N) is 1. The van der Waals surface area contributed by atoms with Crippen molar-refractivity contribution in [2.75, 3.05) is 26.3 Å². The highest BCUT2D eigenvalue weighted by Crippen LogP contribution is 2.26. The Labute approximate surface area is 121 Å². The molecule has 0 unspecified atom stereocenters. The average Bonchev–Trinajstić information content (AvgIpc) is 2.89. The van der Waals surface area contributed by atoms with Gasteiger partial charge in [-0.05, 0) is 6.07 Å². The summed E-state index contributed by atoms with van der Waals surface area (Å²) in [6.45, 7) is 1.92. The Morgan fingerprint density at radius 1 is 1.55 bits per heavy atom. The smallest absolute Gasteiger partial charge is 0.255 e. The maximum atomic E-state index is 12.0. The highest BCUT2D eigenvalue weighted by molar-refractivity contribution is 6.32.